The summed E-state index contributed by atoms with van der Waals surface area (Å²) in [5, 5.41) is 3.10. The van der Waals surface area contributed by atoms with Crippen molar-refractivity contribution in [2.45, 2.75) is 25.4 Å². The van der Waals surface area contributed by atoms with Crippen LogP contribution in [0.25, 0.3) is 0 Å². The molecule has 1 aliphatic rings. The number of methoxy groups -OCH3 is 1. The Labute approximate surface area is 154 Å². The van der Waals surface area contributed by atoms with Crippen molar-refractivity contribution >= 4 is 11.9 Å². The maximum absolute atomic E-state index is 12.5. The minimum atomic E-state index is -0.404. The second-order valence-corrected chi connectivity index (χ2v) is 6.61. The Morgan fingerprint density at radius 1 is 1.08 bits per heavy atom. The van der Waals surface area contributed by atoms with Gasteiger partial charge < -0.3 is 10.1 Å². The molecule has 0 aliphatic carbocycles. The number of carbonyl (C=O) groups is 2. The smallest absolute Gasteiger partial charge is 0.337 e. The molecular weight excluding hydrogens is 328 g/mol. The first kappa shape index (κ1) is 18.1. The lowest BCUT2D eigenvalue weighted by Crippen LogP contribution is -2.37. The van der Waals surface area contributed by atoms with E-state index >= 15 is 0 Å². The highest BCUT2D eigenvalue weighted by atomic mass is 16.5. The van der Waals surface area contributed by atoms with Gasteiger partial charge in [0.2, 0.25) is 0 Å². The van der Waals surface area contributed by atoms with Crippen LogP contribution in [-0.2, 0) is 4.74 Å². The van der Waals surface area contributed by atoms with Gasteiger partial charge >= 0.3 is 5.97 Å². The van der Waals surface area contributed by atoms with Gasteiger partial charge in [-0.25, -0.2) is 4.79 Å². The lowest BCUT2D eigenvalue weighted by molar-refractivity contribution is 0.0600. The van der Waals surface area contributed by atoms with Crippen LogP contribution in [0, 0.1) is 0 Å². The minimum absolute atomic E-state index is 0.111. The van der Waals surface area contributed by atoms with Gasteiger partial charge in [0, 0.05) is 30.7 Å². The molecule has 1 saturated heterocycles. The molecular formula is C21H24N2O3. The first-order chi connectivity index (χ1) is 12.6. The second kappa shape index (κ2) is 8.15. The number of nitrogens with one attached hydrogen (secondary N) is 1. The van der Waals surface area contributed by atoms with Crippen LogP contribution >= 0.6 is 0 Å². The molecule has 2 aromatic carbocycles. The van der Waals surface area contributed by atoms with E-state index in [2.05, 4.69) is 46.1 Å². The highest BCUT2D eigenvalue weighted by Gasteiger charge is 2.27. The van der Waals surface area contributed by atoms with Crippen molar-refractivity contribution in [1.29, 1.82) is 0 Å². The van der Waals surface area contributed by atoms with Crippen LogP contribution in [0.15, 0.2) is 54.6 Å². The molecule has 1 fully saturated rings. The number of rotatable bonds is 5. The lowest BCUT2D eigenvalue weighted by atomic mass is 10.1. The van der Waals surface area contributed by atoms with Crippen molar-refractivity contribution in [2.24, 2.45) is 0 Å². The first-order valence-corrected chi connectivity index (χ1v) is 8.86. The fourth-order valence-electron chi connectivity index (χ4n) is 3.34. The summed E-state index contributed by atoms with van der Waals surface area (Å²) in [6.07, 6.45) is 0.934. The number of likely N-dealkylation sites (tertiary alicyclic amines) is 1. The summed E-state index contributed by atoms with van der Waals surface area (Å²) >= 11 is 0. The van der Waals surface area contributed by atoms with Gasteiger partial charge in [-0.15, -0.1) is 0 Å². The third-order valence-corrected chi connectivity index (χ3v) is 4.95. The topological polar surface area (TPSA) is 58.6 Å². The normalized spacial score (nSPS) is 18.3. The van der Waals surface area contributed by atoms with E-state index in [-0.39, 0.29) is 11.9 Å². The quantitative estimate of drug-likeness (QED) is 0.841. The molecule has 5 nitrogen and oxygen atoms in total. The van der Waals surface area contributed by atoms with Crippen LogP contribution in [0.4, 0.5) is 0 Å². The Hall–Kier alpha value is -2.66. The van der Waals surface area contributed by atoms with Crippen molar-refractivity contribution in [3.63, 3.8) is 0 Å². The van der Waals surface area contributed by atoms with Gasteiger partial charge in [0.15, 0.2) is 0 Å². The molecule has 1 N–H and O–H groups in total. The summed E-state index contributed by atoms with van der Waals surface area (Å²) in [5.74, 6) is -0.515. The van der Waals surface area contributed by atoms with E-state index in [1.807, 2.05) is 6.07 Å². The van der Waals surface area contributed by atoms with Crippen LogP contribution in [0.2, 0.25) is 0 Å². The molecule has 0 aromatic heterocycles. The van der Waals surface area contributed by atoms with Crippen molar-refractivity contribution in [1.82, 2.24) is 10.2 Å². The summed E-state index contributed by atoms with van der Waals surface area (Å²) < 4.78 is 4.67. The zero-order valence-corrected chi connectivity index (χ0v) is 15.1. The van der Waals surface area contributed by atoms with E-state index in [4.69, 9.17) is 0 Å². The summed E-state index contributed by atoms with van der Waals surface area (Å²) in [4.78, 5) is 26.3. The zero-order chi connectivity index (χ0) is 18.5. The molecule has 1 aliphatic heterocycles. The van der Waals surface area contributed by atoms with Gasteiger partial charge in [-0.3, -0.25) is 9.69 Å². The average Bonchev–Trinajstić information content (AvgIpc) is 3.16. The van der Waals surface area contributed by atoms with Crippen molar-refractivity contribution in [3.8, 4) is 0 Å². The van der Waals surface area contributed by atoms with Gasteiger partial charge in [-0.05, 0) is 43.2 Å². The van der Waals surface area contributed by atoms with E-state index in [0.717, 1.165) is 19.5 Å². The Kier molecular flexibility index (Phi) is 5.68. The fraction of sp³-hybridized carbons (Fsp3) is 0.333. The second-order valence-electron chi connectivity index (χ2n) is 6.61. The molecule has 0 radical (unpaired) electrons. The predicted octanol–water partition coefficient (Wildman–Crippen LogP) is 3.04. The Morgan fingerprint density at radius 2 is 1.73 bits per heavy atom. The SMILES string of the molecule is COC(=O)c1ccc(C(=O)NC2CCN(C(C)c3ccccc3)C2)cc1. The summed E-state index contributed by atoms with van der Waals surface area (Å²) in [5.41, 5.74) is 2.28. The van der Waals surface area contributed by atoms with E-state index < -0.39 is 5.97 Å². The highest BCUT2D eigenvalue weighted by Crippen LogP contribution is 2.24. The zero-order valence-electron chi connectivity index (χ0n) is 15.1. The van der Waals surface area contributed by atoms with E-state index in [0.29, 0.717) is 17.2 Å². The van der Waals surface area contributed by atoms with Crippen LogP contribution in [-0.4, -0.2) is 43.0 Å². The van der Waals surface area contributed by atoms with E-state index in [9.17, 15) is 9.59 Å². The number of hydrogen-bond donors (Lipinski definition) is 1. The summed E-state index contributed by atoms with van der Waals surface area (Å²) in [7, 11) is 1.34. The van der Waals surface area contributed by atoms with Crippen molar-refractivity contribution < 1.29 is 14.3 Å². The Bertz CT molecular complexity index is 759. The Morgan fingerprint density at radius 3 is 2.38 bits per heavy atom. The number of esters is 1. The minimum Gasteiger partial charge on any atom is -0.465 e. The fourth-order valence-corrected chi connectivity index (χ4v) is 3.34. The van der Waals surface area contributed by atoms with Gasteiger partial charge in [0.1, 0.15) is 0 Å². The van der Waals surface area contributed by atoms with E-state index in [1.54, 1.807) is 24.3 Å². The van der Waals surface area contributed by atoms with Crippen molar-refractivity contribution in [3.05, 3.63) is 71.3 Å². The molecule has 26 heavy (non-hydrogen) atoms. The molecule has 1 heterocycles. The molecule has 1 amide bonds. The molecule has 2 atom stereocenters. The highest BCUT2D eigenvalue weighted by molar-refractivity contribution is 5.96. The molecule has 136 valence electrons. The maximum Gasteiger partial charge on any atom is 0.337 e. The summed E-state index contributed by atoms with van der Waals surface area (Å²) in [6.45, 7) is 4.00. The first-order valence-electron chi connectivity index (χ1n) is 8.86. The van der Waals surface area contributed by atoms with Crippen LogP contribution < -0.4 is 5.32 Å². The number of ether oxygens (including phenoxy) is 1. The third kappa shape index (κ3) is 4.11. The molecule has 0 saturated carbocycles. The number of benzene rings is 2. The number of amides is 1. The molecule has 0 spiro atoms. The average molecular weight is 352 g/mol. The standard InChI is InChI=1S/C21H24N2O3/c1-15(16-6-4-3-5-7-16)23-13-12-19(14-23)22-20(24)17-8-10-18(11-9-17)21(25)26-2/h3-11,15,19H,12-14H2,1-2H3,(H,22,24). The van der Waals surface area contributed by atoms with Crippen LogP contribution in [0.1, 0.15) is 45.7 Å². The van der Waals surface area contributed by atoms with E-state index in [1.165, 1.54) is 12.7 Å². The van der Waals surface area contributed by atoms with Gasteiger partial charge in [-0.2, -0.15) is 0 Å². The predicted molar refractivity (Wildman–Crippen MR) is 100 cm³/mol. The van der Waals surface area contributed by atoms with Crippen molar-refractivity contribution in [2.75, 3.05) is 20.2 Å². The van der Waals surface area contributed by atoms with Gasteiger partial charge in [0.25, 0.3) is 5.91 Å². The van der Waals surface area contributed by atoms with Crippen LogP contribution in [0.5, 0.6) is 0 Å². The van der Waals surface area contributed by atoms with Crippen LogP contribution in [0.3, 0.4) is 0 Å². The maximum atomic E-state index is 12.5. The third-order valence-electron chi connectivity index (χ3n) is 4.95. The van der Waals surface area contributed by atoms with Gasteiger partial charge in [0.05, 0.1) is 12.7 Å². The number of nitrogens with zero attached hydrogens (tertiary/aromatic N) is 1. The Balaban J connectivity index is 1.56. The molecule has 2 aromatic rings. The summed E-state index contributed by atoms with van der Waals surface area (Å²) in [6, 6.07) is 17.4. The number of carbonyl (C=O) groups excluding carboxylic acids is 2. The lowest BCUT2D eigenvalue weighted by Gasteiger charge is -2.24. The monoisotopic (exact) mass is 352 g/mol. The van der Waals surface area contributed by atoms with Gasteiger partial charge in [-0.1, -0.05) is 30.3 Å². The molecule has 2 unspecified atom stereocenters. The molecule has 5 heteroatoms. The largest absolute Gasteiger partial charge is 0.465 e. The molecule has 3 rings (SSSR count). The number of hydrogen-bond acceptors (Lipinski definition) is 4. The molecule has 0 bridgehead atoms.